The molecule has 0 N–H and O–H groups in total. The summed E-state index contributed by atoms with van der Waals surface area (Å²) in [5.74, 6) is -2.23. The smallest absolute Gasteiger partial charge is 0.316 e. The summed E-state index contributed by atoms with van der Waals surface area (Å²) in [5, 5.41) is 0.0367. The van der Waals surface area contributed by atoms with Crippen LogP contribution in [0.4, 0.5) is 0 Å². The molecule has 0 saturated heterocycles. The average Bonchev–Trinajstić information content (AvgIpc) is 2.39. The monoisotopic (exact) mass is 297 g/mol. The largest absolute Gasteiger partial charge is 0.465 e. The summed E-state index contributed by atoms with van der Waals surface area (Å²) in [6, 6.07) is 3.06. The third-order valence-electron chi connectivity index (χ3n) is 2.70. The standard InChI is InChI=1S/C14H16ClNO4/c1-3-20-14(19)11(7-6-9(2)17)12(18)10-5-4-8-16-13(10)15/h4-5,8,11H,3,6-7H2,1-2H3. The van der Waals surface area contributed by atoms with Crippen LogP contribution in [0.1, 0.15) is 37.0 Å². The Morgan fingerprint density at radius 3 is 2.65 bits per heavy atom. The van der Waals surface area contributed by atoms with E-state index >= 15 is 0 Å². The second kappa shape index (κ2) is 7.75. The van der Waals surface area contributed by atoms with Crippen molar-refractivity contribution in [3.63, 3.8) is 0 Å². The fourth-order valence-electron chi connectivity index (χ4n) is 1.70. The first kappa shape index (κ1) is 16.3. The maximum absolute atomic E-state index is 12.4. The Labute approximate surface area is 122 Å². The lowest BCUT2D eigenvalue weighted by atomic mass is 9.93. The van der Waals surface area contributed by atoms with E-state index in [1.807, 2.05) is 0 Å². The third kappa shape index (κ3) is 4.42. The minimum Gasteiger partial charge on any atom is -0.465 e. The lowest BCUT2D eigenvalue weighted by Gasteiger charge is -2.14. The number of ketones is 2. The molecule has 0 fully saturated rings. The molecule has 0 saturated carbocycles. The Kier molecular flexibility index (Phi) is 6.31. The SMILES string of the molecule is CCOC(=O)C(CCC(C)=O)C(=O)c1cccnc1Cl. The van der Waals surface area contributed by atoms with E-state index in [9.17, 15) is 14.4 Å². The molecule has 0 aliphatic carbocycles. The first-order valence-corrected chi connectivity index (χ1v) is 6.66. The number of halogens is 1. The van der Waals surface area contributed by atoms with Crippen molar-refractivity contribution in [3.8, 4) is 0 Å². The highest BCUT2D eigenvalue weighted by atomic mass is 35.5. The Hall–Kier alpha value is -1.75. The first-order valence-electron chi connectivity index (χ1n) is 6.28. The summed E-state index contributed by atoms with van der Waals surface area (Å²) < 4.78 is 4.88. The van der Waals surface area contributed by atoms with Crippen LogP contribution in [-0.4, -0.2) is 29.1 Å². The molecule has 0 bridgehead atoms. The highest BCUT2D eigenvalue weighted by Gasteiger charge is 2.30. The second-order valence-corrected chi connectivity index (χ2v) is 4.61. The molecule has 20 heavy (non-hydrogen) atoms. The predicted octanol–water partition coefficient (Wildman–Crippen LogP) is 2.47. The molecule has 0 aromatic carbocycles. The van der Waals surface area contributed by atoms with Gasteiger partial charge in [-0.3, -0.25) is 9.59 Å². The fraction of sp³-hybridized carbons (Fsp3) is 0.429. The lowest BCUT2D eigenvalue weighted by Crippen LogP contribution is -2.27. The van der Waals surface area contributed by atoms with E-state index in [1.165, 1.54) is 19.2 Å². The van der Waals surface area contributed by atoms with Crippen LogP contribution in [0.2, 0.25) is 5.15 Å². The minimum absolute atomic E-state index is 0.0367. The number of ether oxygens (including phenoxy) is 1. The quantitative estimate of drug-likeness (QED) is 0.334. The summed E-state index contributed by atoms with van der Waals surface area (Å²) in [6.45, 7) is 3.23. The molecular weight excluding hydrogens is 282 g/mol. The molecule has 5 nitrogen and oxygen atoms in total. The van der Waals surface area contributed by atoms with Gasteiger partial charge in [0, 0.05) is 12.6 Å². The van der Waals surface area contributed by atoms with Crippen LogP contribution < -0.4 is 0 Å². The molecule has 1 aromatic rings. The third-order valence-corrected chi connectivity index (χ3v) is 3.00. The van der Waals surface area contributed by atoms with Gasteiger partial charge in [-0.15, -0.1) is 0 Å². The maximum Gasteiger partial charge on any atom is 0.316 e. The van der Waals surface area contributed by atoms with Gasteiger partial charge in [0.25, 0.3) is 0 Å². The van der Waals surface area contributed by atoms with Crippen LogP contribution in [0, 0.1) is 5.92 Å². The van der Waals surface area contributed by atoms with Gasteiger partial charge < -0.3 is 9.53 Å². The molecule has 0 aliphatic rings. The van der Waals surface area contributed by atoms with Crippen LogP contribution in [-0.2, 0) is 14.3 Å². The summed E-state index contributed by atoms with van der Waals surface area (Å²) in [7, 11) is 0. The van der Waals surface area contributed by atoms with Crippen molar-refractivity contribution in [3.05, 3.63) is 29.0 Å². The maximum atomic E-state index is 12.4. The summed E-state index contributed by atoms with van der Waals surface area (Å²) in [4.78, 5) is 39.1. The predicted molar refractivity (Wildman–Crippen MR) is 73.6 cm³/mol. The van der Waals surface area contributed by atoms with Gasteiger partial charge in [0.05, 0.1) is 12.2 Å². The molecule has 1 aromatic heterocycles. The molecule has 108 valence electrons. The minimum atomic E-state index is -1.03. The van der Waals surface area contributed by atoms with Crippen LogP contribution in [0.25, 0.3) is 0 Å². The van der Waals surface area contributed by atoms with E-state index in [-0.39, 0.29) is 35.9 Å². The van der Waals surface area contributed by atoms with Crippen LogP contribution >= 0.6 is 11.6 Å². The van der Waals surface area contributed by atoms with Gasteiger partial charge in [0.1, 0.15) is 16.9 Å². The number of rotatable bonds is 7. The molecule has 1 unspecified atom stereocenters. The number of esters is 1. The number of Topliss-reactive ketones (excluding diaryl/α,β-unsaturated/α-hetero) is 2. The summed E-state index contributed by atoms with van der Waals surface area (Å²) in [6.07, 6.45) is 1.69. The zero-order valence-electron chi connectivity index (χ0n) is 11.4. The van der Waals surface area contributed by atoms with Crippen molar-refractivity contribution in [2.45, 2.75) is 26.7 Å². The number of hydrogen-bond acceptors (Lipinski definition) is 5. The van der Waals surface area contributed by atoms with Crippen molar-refractivity contribution < 1.29 is 19.1 Å². The van der Waals surface area contributed by atoms with Crippen molar-refractivity contribution in [1.29, 1.82) is 0 Å². The number of carbonyl (C=O) groups excluding carboxylic acids is 3. The van der Waals surface area contributed by atoms with E-state index in [1.54, 1.807) is 13.0 Å². The fourth-order valence-corrected chi connectivity index (χ4v) is 1.92. The van der Waals surface area contributed by atoms with Crippen molar-refractivity contribution in [1.82, 2.24) is 4.98 Å². The number of nitrogens with zero attached hydrogens (tertiary/aromatic N) is 1. The molecule has 6 heteroatoms. The molecule has 1 heterocycles. The molecular formula is C14H16ClNO4. The number of hydrogen-bond donors (Lipinski definition) is 0. The van der Waals surface area contributed by atoms with E-state index in [2.05, 4.69) is 4.98 Å². The average molecular weight is 298 g/mol. The van der Waals surface area contributed by atoms with Crippen molar-refractivity contribution in [2.75, 3.05) is 6.61 Å². The number of pyridine rings is 1. The van der Waals surface area contributed by atoms with Gasteiger partial charge >= 0.3 is 5.97 Å². The molecule has 0 spiro atoms. The first-order chi connectivity index (χ1) is 9.47. The normalized spacial score (nSPS) is 11.8. The number of aromatic nitrogens is 1. The number of carbonyl (C=O) groups is 3. The summed E-state index contributed by atoms with van der Waals surface area (Å²) >= 11 is 5.86. The van der Waals surface area contributed by atoms with E-state index in [4.69, 9.17) is 16.3 Å². The van der Waals surface area contributed by atoms with Crippen LogP contribution in [0.5, 0.6) is 0 Å². The Bertz CT molecular complexity index is 516. The van der Waals surface area contributed by atoms with Gasteiger partial charge in [-0.1, -0.05) is 11.6 Å². The molecule has 0 amide bonds. The van der Waals surface area contributed by atoms with Crippen molar-refractivity contribution in [2.24, 2.45) is 5.92 Å². The topological polar surface area (TPSA) is 73.3 Å². The van der Waals surface area contributed by atoms with Gasteiger partial charge in [-0.2, -0.15) is 0 Å². The van der Waals surface area contributed by atoms with Crippen molar-refractivity contribution >= 4 is 29.1 Å². The second-order valence-electron chi connectivity index (χ2n) is 4.25. The lowest BCUT2D eigenvalue weighted by molar-refractivity contribution is -0.146. The Morgan fingerprint density at radius 1 is 1.40 bits per heavy atom. The zero-order valence-corrected chi connectivity index (χ0v) is 12.1. The van der Waals surface area contributed by atoms with Gasteiger partial charge in [-0.25, -0.2) is 4.98 Å². The molecule has 0 radical (unpaired) electrons. The van der Waals surface area contributed by atoms with E-state index < -0.39 is 17.7 Å². The Morgan fingerprint density at radius 2 is 2.10 bits per heavy atom. The van der Waals surface area contributed by atoms with Crippen LogP contribution in [0.15, 0.2) is 18.3 Å². The van der Waals surface area contributed by atoms with Gasteiger partial charge in [-0.05, 0) is 32.4 Å². The molecule has 1 rings (SSSR count). The molecule has 0 aliphatic heterocycles. The van der Waals surface area contributed by atoms with Gasteiger partial charge in [0.2, 0.25) is 0 Å². The van der Waals surface area contributed by atoms with Crippen LogP contribution in [0.3, 0.4) is 0 Å². The molecule has 1 atom stereocenters. The highest BCUT2D eigenvalue weighted by Crippen LogP contribution is 2.21. The van der Waals surface area contributed by atoms with E-state index in [0.29, 0.717) is 0 Å². The zero-order chi connectivity index (χ0) is 15.1. The van der Waals surface area contributed by atoms with Gasteiger partial charge in [0.15, 0.2) is 5.78 Å². The summed E-state index contributed by atoms with van der Waals surface area (Å²) in [5.41, 5.74) is 0.163. The Balaban J connectivity index is 2.97. The highest BCUT2D eigenvalue weighted by molar-refractivity contribution is 6.33. The van der Waals surface area contributed by atoms with E-state index in [0.717, 1.165) is 0 Å².